The minimum Gasteiger partial charge on any atom is -0.467 e. The van der Waals surface area contributed by atoms with Crippen molar-refractivity contribution in [2.75, 3.05) is 13.7 Å². The van der Waals surface area contributed by atoms with Gasteiger partial charge in [0.1, 0.15) is 6.61 Å². The fraction of sp³-hybridized carbons (Fsp3) is 0.857. The zero-order valence-corrected chi connectivity index (χ0v) is 10.8. The van der Waals surface area contributed by atoms with Gasteiger partial charge in [0.2, 0.25) is 4.58 Å². The third kappa shape index (κ3) is 2.94. The number of rotatable bonds is 2. The maximum absolute atomic E-state index is 11.6. The number of carbonyl (C=O) groups is 1. The quantitative estimate of drug-likeness (QED) is 0.468. The highest BCUT2D eigenvalue weighted by Gasteiger charge is 2.45. The highest BCUT2D eigenvalue weighted by Crippen LogP contribution is 2.23. The Kier molecular flexibility index (Phi) is 4.12. The zero-order valence-electron chi connectivity index (χ0n) is 9.15. The van der Waals surface area contributed by atoms with Crippen molar-refractivity contribution < 1.29 is 34.7 Å². The number of esters is 1. The molecule has 0 aromatic carbocycles. The number of carbonyl (C=O) groups excluding carboxylic acids is 1. The first-order valence-corrected chi connectivity index (χ1v) is 7.57. The molecule has 17 heavy (non-hydrogen) atoms. The molecule has 0 N–H and O–H groups in total. The summed E-state index contributed by atoms with van der Waals surface area (Å²) in [6.07, 6.45) is -1.84. The molecule has 0 aromatic heterocycles. The number of methoxy groups -OCH3 is 1. The Morgan fingerprint density at radius 2 is 1.88 bits per heavy atom. The van der Waals surface area contributed by atoms with Gasteiger partial charge in [0.25, 0.3) is 20.2 Å². The first-order valence-electron chi connectivity index (χ1n) is 4.62. The first-order chi connectivity index (χ1) is 7.74. The van der Waals surface area contributed by atoms with Crippen LogP contribution >= 0.6 is 0 Å². The number of hydrogen-bond acceptors (Lipinski definition) is 8. The van der Waals surface area contributed by atoms with E-state index in [1.54, 1.807) is 0 Å². The average Bonchev–Trinajstić information content (AvgIpc) is 2.31. The summed E-state index contributed by atoms with van der Waals surface area (Å²) >= 11 is 0. The molecule has 0 saturated carbocycles. The van der Waals surface area contributed by atoms with Gasteiger partial charge >= 0.3 is 5.97 Å². The Hall–Kier alpha value is -0.710. The van der Waals surface area contributed by atoms with Crippen LogP contribution in [0.5, 0.6) is 0 Å². The van der Waals surface area contributed by atoms with Crippen molar-refractivity contribution in [3.05, 3.63) is 0 Å². The fourth-order valence-corrected chi connectivity index (χ4v) is 4.60. The molecule has 0 bridgehead atoms. The fourth-order valence-electron chi connectivity index (χ4n) is 1.28. The molecule has 1 rings (SSSR count). The predicted octanol–water partition coefficient (Wildman–Crippen LogP) is -1.03. The Morgan fingerprint density at radius 1 is 1.29 bits per heavy atom. The van der Waals surface area contributed by atoms with Crippen LogP contribution in [0.15, 0.2) is 0 Å². The summed E-state index contributed by atoms with van der Waals surface area (Å²) in [5.74, 6) is -1.01. The van der Waals surface area contributed by atoms with E-state index < -0.39 is 43.5 Å². The van der Waals surface area contributed by atoms with Crippen LogP contribution < -0.4 is 0 Å². The highest BCUT2D eigenvalue weighted by atomic mass is 32.3. The van der Waals surface area contributed by atoms with Crippen LogP contribution in [0.2, 0.25) is 0 Å². The number of ether oxygens (including phenoxy) is 1. The molecule has 0 aromatic rings. The zero-order chi connectivity index (χ0) is 13.3. The van der Waals surface area contributed by atoms with Crippen molar-refractivity contribution in [3.8, 4) is 0 Å². The molecule has 1 heterocycles. The molecule has 8 nitrogen and oxygen atoms in total. The topological polar surface area (TPSA) is 113 Å². The van der Waals surface area contributed by atoms with E-state index in [-0.39, 0.29) is 6.42 Å². The van der Waals surface area contributed by atoms with Gasteiger partial charge in [0.15, 0.2) is 6.10 Å². The van der Waals surface area contributed by atoms with Crippen molar-refractivity contribution in [2.24, 2.45) is 0 Å². The molecule has 0 amide bonds. The molecule has 1 fully saturated rings. The molecule has 0 aliphatic carbocycles. The van der Waals surface area contributed by atoms with Gasteiger partial charge in [-0.25, -0.2) is 4.79 Å². The normalized spacial score (nSPS) is 31.4. The largest absolute Gasteiger partial charge is 0.467 e. The molecule has 1 aliphatic heterocycles. The standard InChI is InChI=1S/C7H12O8S2/c1-3-6-16(9,10)14-4-5(7(8)13-2)15-17(6,11)12/h5-6H,3-4H2,1-2H3. The average molecular weight is 288 g/mol. The van der Waals surface area contributed by atoms with Crippen LogP contribution in [0.1, 0.15) is 13.3 Å². The van der Waals surface area contributed by atoms with E-state index in [0.29, 0.717) is 0 Å². The van der Waals surface area contributed by atoms with Crippen LogP contribution in [0, 0.1) is 0 Å². The van der Waals surface area contributed by atoms with E-state index in [4.69, 9.17) is 0 Å². The van der Waals surface area contributed by atoms with E-state index in [0.717, 1.165) is 7.11 Å². The van der Waals surface area contributed by atoms with Gasteiger partial charge in [-0.2, -0.15) is 16.8 Å². The Morgan fingerprint density at radius 3 is 2.35 bits per heavy atom. The van der Waals surface area contributed by atoms with Gasteiger partial charge < -0.3 is 4.74 Å². The summed E-state index contributed by atoms with van der Waals surface area (Å²) in [7, 11) is -7.73. The van der Waals surface area contributed by atoms with Crippen molar-refractivity contribution in [1.29, 1.82) is 0 Å². The lowest BCUT2D eigenvalue weighted by Gasteiger charge is -2.11. The van der Waals surface area contributed by atoms with E-state index in [9.17, 15) is 21.6 Å². The van der Waals surface area contributed by atoms with Crippen LogP contribution in [-0.2, 0) is 38.1 Å². The minimum atomic E-state index is -4.44. The van der Waals surface area contributed by atoms with Gasteiger partial charge in [-0.15, -0.1) is 0 Å². The summed E-state index contributed by atoms with van der Waals surface area (Å²) < 4.78 is 57.5. The third-order valence-electron chi connectivity index (χ3n) is 2.08. The third-order valence-corrected chi connectivity index (χ3v) is 6.41. The second kappa shape index (κ2) is 4.88. The number of hydrogen-bond donors (Lipinski definition) is 0. The van der Waals surface area contributed by atoms with E-state index in [1.807, 2.05) is 0 Å². The lowest BCUT2D eigenvalue weighted by molar-refractivity contribution is -0.149. The summed E-state index contributed by atoms with van der Waals surface area (Å²) in [6.45, 7) is 0.635. The van der Waals surface area contributed by atoms with Crippen molar-refractivity contribution in [3.63, 3.8) is 0 Å². The van der Waals surface area contributed by atoms with E-state index in [2.05, 4.69) is 13.1 Å². The summed E-state index contributed by atoms with van der Waals surface area (Å²) in [6, 6.07) is 0. The molecule has 1 saturated heterocycles. The van der Waals surface area contributed by atoms with Gasteiger partial charge in [0.05, 0.1) is 7.11 Å². The summed E-state index contributed by atoms with van der Waals surface area (Å²) in [5.41, 5.74) is 0. The Bertz CT molecular complexity index is 490. The molecule has 0 spiro atoms. The maximum atomic E-state index is 11.6. The second-order valence-corrected chi connectivity index (χ2v) is 7.05. The molecule has 10 heteroatoms. The smallest absolute Gasteiger partial charge is 0.339 e. The molecule has 1 aliphatic rings. The van der Waals surface area contributed by atoms with Gasteiger partial charge in [-0.05, 0) is 6.42 Å². The highest BCUT2D eigenvalue weighted by molar-refractivity contribution is 8.04. The monoisotopic (exact) mass is 288 g/mol. The first kappa shape index (κ1) is 14.4. The van der Waals surface area contributed by atoms with E-state index >= 15 is 0 Å². The minimum absolute atomic E-state index is 0.238. The van der Waals surface area contributed by atoms with Crippen LogP contribution in [0.3, 0.4) is 0 Å². The second-order valence-electron chi connectivity index (χ2n) is 3.22. The van der Waals surface area contributed by atoms with E-state index in [1.165, 1.54) is 6.92 Å². The van der Waals surface area contributed by atoms with Crippen molar-refractivity contribution >= 4 is 26.2 Å². The SMILES string of the molecule is CCC1S(=O)(=O)OCC(C(=O)OC)OS1(=O)=O. The van der Waals surface area contributed by atoms with Gasteiger partial charge in [-0.3, -0.25) is 8.37 Å². The molecule has 100 valence electrons. The van der Waals surface area contributed by atoms with Crippen LogP contribution in [0.4, 0.5) is 0 Å². The molecular formula is C7H12O8S2. The predicted molar refractivity (Wildman–Crippen MR) is 54.8 cm³/mol. The molecule has 2 unspecified atom stereocenters. The van der Waals surface area contributed by atoms with Crippen molar-refractivity contribution in [2.45, 2.75) is 24.0 Å². The van der Waals surface area contributed by atoms with Gasteiger partial charge in [-0.1, -0.05) is 6.92 Å². The summed E-state index contributed by atoms with van der Waals surface area (Å²) in [5, 5.41) is 0. The Labute approximate surface area is 99.1 Å². The van der Waals surface area contributed by atoms with Crippen LogP contribution in [0.25, 0.3) is 0 Å². The van der Waals surface area contributed by atoms with Crippen molar-refractivity contribution in [1.82, 2.24) is 0 Å². The summed E-state index contributed by atoms with van der Waals surface area (Å²) in [4.78, 5) is 11.1. The van der Waals surface area contributed by atoms with Crippen LogP contribution in [-0.4, -0.2) is 47.2 Å². The molecule has 0 radical (unpaired) electrons. The lowest BCUT2D eigenvalue weighted by atomic mass is 10.4. The van der Waals surface area contributed by atoms with Gasteiger partial charge in [0, 0.05) is 0 Å². The molecule has 2 atom stereocenters. The molecular weight excluding hydrogens is 276 g/mol. The Balaban J connectivity index is 3.15. The maximum Gasteiger partial charge on any atom is 0.339 e. The lowest BCUT2D eigenvalue weighted by Crippen LogP contribution is -2.33.